The molecule has 16 heavy (non-hydrogen) atoms. The molecule has 1 atom stereocenters. The van der Waals surface area contributed by atoms with E-state index in [9.17, 15) is 13.9 Å². The molecule has 0 amide bonds. The molecule has 1 aromatic rings. The van der Waals surface area contributed by atoms with E-state index in [0.717, 1.165) is 18.2 Å². The molecule has 0 aliphatic carbocycles. The maximum Gasteiger partial charge on any atom is 0.126 e. The van der Waals surface area contributed by atoms with E-state index in [1.807, 2.05) is 0 Å². The Bertz CT molecular complexity index is 344. The number of aliphatic hydroxyl groups is 1. The Morgan fingerprint density at radius 2 is 1.75 bits per heavy atom. The molecule has 0 aromatic heterocycles. The number of hydrogen-bond donors (Lipinski definition) is 1. The van der Waals surface area contributed by atoms with E-state index in [1.165, 1.54) is 0 Å². The van der Waals surface area contributed by atoms with E-state index in [0.29, 0.717) is 6.61 Å². The van der Waals surface area contributed by atoms with Crippen molar-refractivity contribution >= 4 is 0 Å². The fraction of sp³-hybridized carbons (Fsp3) is 0.500. The molecular formula is C12H16F2O2. The van der Waals surface area contributed by atoms with E-state index >= 15 is 0 Å². The molecule has 0 bridgehead atoms. The summed E-state index contributed by atoms with van der Waals surface area (Å²) in [6, 6.07) is 2.98. The van der Waals surface area contributed by atoms with E-state index < -0.39 is 23.3 Å². The fourth-order valence-corrected chi connectivity index (χ4v) is 1.59. The maximum atomic E-state index is 13.0. The van der Waals surface area contributed by atoms with Crippen LogP contribution in [0.1, 0.15) is 32.4 Å². The van der Waals surface area contributed by atoms with Crippen LogP contribution in [0.5, 0.6) is 0 Å². The number of hydrogen-bond acceptors (Lipinski definition) is 2. The maximum absolute atomic E-state index is 13.0. The highest BCUT2D eigenvalue weighted by Gasteiger charge is 2.30. The molecule has 0 fully saturated rings. The first-order chi connectivity index (χ1) is 7.36. The smallest absolute Gasteiger partial charge is 0.126 e. The summed E-state index contributed by atoms with van der Waals surface area (Å²) in [5, 5.41) is 9.97. The molecular weight excluding hydrogens is 214 g/mol. The molecule has 0 saturated carbocycles. The van der Waals surface area contributed by atoms with E-state index in [-0.39, 0.29) is 5.56 Å². The Morgan fingerprint density at radius 3 is 2.19 bits per heavy atom. The lowest BCUT2D eigenvalue weighted by molar-refractivity contribution is -0.0984. The zero-order valence-corrected chi connectivity index (χ0v) is 9.63. The van der Waals surface area contributed by atoms with Gasteiger partial charge in [0.05, 0.1) is 5.60 Å². The van der Waals surface area contributed by atoms with Crippen LogP contribution in [0.25, 0.3) is 0 Å². The topological polar surface area (TPSA) is 29.5 Å². The lowest BCUT2D eigenvalue weighted by Crippen LogP contribution is -2.32. The second-order valence-corrected chi connectivity index (χ2v) is 4.14. The number of benzene rings is 1. The minimum atomic E-state index is -1.07. The van der Waals surface area contributed by atoms with Crippen molar-refractivity contribution in [3.05, 3.63) is 35.4 Å². The molecule has 4 heteroatoms. The Morgan fingerprint density at radius 1 is 1.25 bits per heavy atom. The van der Waals surface area contributed by atoms with Crippen molar-refractivity contribution in [2.24, 2.45) is 0 Å². The van der Waals surface area contributed by atoms with Crippen LogP contribution in [0.4, 0.5) is 8.78 Å². The highest BCUT2D eigenvalue weighted by molar-refractivity contribution is 5.22. The highest BCUT2D eigenvalue weighted by Crippen LogP contribution is 2.29. The van der Waals surface area contributed by atoms with Gasteiger partial charge >= 0.3 is 0 Å². The Labute approximate surface area is 93.9 Å². The lowest BCUT2D eigenvalue weighted by atomic mass is 9.94. The van der Waals surface area contributed by atoms with Gasteiger partial charge in [0.25, 0.3) is 0 Å². The van der Waals surface area contributed by atoms with Gasteiger partial charge in [-0.25, -0.2) is 8.78 Å². The Kier molecular flexibility index (Phi) is 3.99. The third kappa shape index (κ3) is 3.00. The van der Waals surface area contributed by atoms with Gasteiger partial charge in [0.15, 0.2) is 0 Å². The molecule has 0 saturated heterocycles. The van der Waals surface area contributed by atoms with Crippen LogP contribution in [0.3, 0.4) is 0 Å². The van der Waals surface area contributed by atoms with Crippen molar-refractivity contribution in [2.45, 2.75) is 32.5 Å². The van der Waals surface area contributed by atoms with Gasteiger partial charge in [0, 0.05) is 12.7 Å². The minimum Gasteiger partial charge on any atom is -0.385 e. The molecule has 0 aliphatic heterocycles. The van der Waals surface area contributed by atoms with Gasteiger partial charge in [-0.1, -0.05) is 0 Å². The standard InChI is InChI=1S/C12H16F2O2/c1-4-16-12(2,3)11(15)8-5-9(13)7-10(14)6-8/h5-7,11,15H,4H2,1-3H3. The fourth-order valence-electron chi connectivity index (χ4n) is 1.59. The van der Waals surface area contributed by atoms with Gasteiger partial charge in [-0.3, -0.25) is 0 Å². The summed E-state index contributed by atoms with van der Waals surface area (Å²) in [6.07, 6.45) is -1.07. The number of rotatable bonds is 4. The van der Waals surface area contributed by atoms with E-state index in [4.69, 9.17) is 4.74 Å². The van der Waals surface area contributed by atoms with Crippen LogP contribution >= 0.6 is 0 Å². The van der Waals surface area contributed by atoms with Gasteiger partial charge in [-0.15, -0.1) is 0 Å². The summed E-state index contributed by atoms with van der Waals surface area (Å²) in [4.78, 5) is 0. The van der Waals surface area contributed by atoms with Crippen LogP contribution in [0.15, 0.2) is 18.2 Å². The van der Waals surface area contributed by atoms with Gasteiger partial charge < -0.3 is 9.84 Å². The predicted octanol–water partition coefficient (Wildman–Crippen LogP) is 2.81. The SMILES string of the molecule is CCOC(C)(C)C(O)c1cc(F)cc(F)c1. The molecule has 90 valence electrons. The van der Waals surface area contributed by atoms with Crippen molar-refractivity contribution in [3.8, 4) is 0 Å². The third-order valence-electron chi connectivity index (χ3n) is 2.38. The zero-order chi connectivity index (χ0) is 12.3. The van der Waals surface area contributed by atoms with Crippen LogP contribution in [0, 0.1) is 11.6 Å². The van der Waals surface area contributed by atoms with Gasteiger partial charge in [0.2, 0.25) is 0 Å². The first-order valence-electron chi connectivity index (χ1n) is 5.15. The summed E-state index contributed by atoms with van der Waals surface area (Å²) >= 11 is 0. The van der Waals surface area contributed by atoms with Crippen LogP contribution in [-0.4, -0.2) is 17.3 Å². The molecule has 0 aliphatic rings. The highest BCUT2D eigenvalue weighted by atomic mass is 19.1. The largest absolute Gasteiger partial charge is 0.385 e. The van der Waals surface area contributed by atoms with Gasteiger partial charge in [-0.2, -0.15) is 0 Å². The number of aliphatic hydroxyl groups excluding tert-OH is 1. The molecule has 1 N–H and O–H groups in total. The van der Waals surface area contributed by atoms with Crippen LogP contribution in [0.2, 0.25) is 0 Å². The Balaban J connectivity index is 2.99. The molecule has 1 unspecified atom stereocenters. The summed E-state index contributed by atoms with van der Waals surface area (Å²) in [5.74, 6) is -1.41. The monoisotopic (exact) mass is 230 g/mol. The normalized spacial score (nSPS) is 13.9. The van der Waals surface area contributed by atoms with Crippen LogP contribution < -0.4 is 0 Å². The first kappa shape index (κ1) is 13.1. The molecule has 0 heterocycles. The van der Waals surface area contributed by atoms with Crippen molar-refractivity contribution in [1.29, 1.82) is 0 Å². The third-order valence-corrected chi connectivity index (χ3v) is 2.38. The quantitative estimate of drug-likeness (QED) is 0.861. The summed E-state index contributed by atoms with van der Waals surface area (Å²) in [5.41, 5.74) is -0.703. The summed E-state index contributed by atoms with van der Waals surface area (Å²) in [7, 11) is 0. The molecule has 2 nitrogen and oxygen atoms in total. The number of ether oxygens (including phenoxy) is 1. The van der Waals surface area contributed by atoms with E-state index in [1.54, 1.807) is 20.8 Å². The Hall–Kier alpha value is -1.00. The summed E-state index contributed by atoms with van der Waals surface area (Å²) < 4.78 is 31.3. The zero-order valence-electron chi connectivity index (χ0n) is 9.63. The first-order valence-corrected chi connectivity index (χ1v) is 5.15. The average Bonchev–Trinajstić information content (AvgIpc) is 2.14. The van der Waals surface area contributed by atoms with Crippen molar-refractivity contribution < 1.29 is 18.6 Å². The minimum absolute atomic E-state index is 0.177. The number of halogens is 2. The van der Waals surface area contributed by atoms with Crippen molar-refractivity contribution in [2.75, 3.05) is 6.61 Å². The van der Waals surface area contributed by atoms with E-state index in [2.05, 4.69) is 0 Å². The lowest BCUT2D eigenvalue weighted by Gasteiger charge is -2.30. The molecule has 0 spiro atoms. The predicted molar refractivity (Wildman–Crippen MR) is 57.0 cm³/mol. The van der Waals surface area contributed by atoms with Gasteiger partial charge in [-0.05, 0) is 38.5 Å². The van der Waals surface area contributed by atoms with Crippen molar-refractivity contribution in [3.63, 3.8) is 0 Å². The molecule has 1 aromatic carbocycles. The average molecular weight is 230 g/mol. The van der Waals surface area contributed by atoms with Crippen LogP contribution in [-0.2, 0) is 4.74 Å². The summed E-state index contributed by atoms with van der Waals surface area (Å²) in [6.45, 7) is 5.55. The molecule has 0 radical (unpaired) electrons. The molecule has 1 rings (SSSR count). The second-order valence-electron chi connectivity index (χ2n) is 4.14. The second kappa shape index (κ2) is 4.89. The van der Waals surface area contributed by atoms with Crippen molar-refractivity contribution in [1.82, 2.24) is 0 Å². The van der Waals surface area contributed by atoms with Gasteiger partial charge in [0.1, 0.15) is 17.7 Å².